The lowest BCUT2D eigenvalue weighted by molar-refractivity contribution is 0.256. The molecule has 0 radical (unpaired) electrons. The van der Waals surface area contributed by atoms with Gasteiger partial charge in [0.1, 0.15) is 0 Å². The van der Waals surface area contributed by atoms with Gasteiger partial charge < -0.3 is 10.2 Å². The third kappa shape index (κ3) is 4.51. The van der Waals surface area contributed by atoms with Gasteiger partial charge in [-0.3, -0.25) is 0 Å². The van der Waals surface area contributed by atoms with Crippen LogP contribution < -0.4 is 14.9 Å². The van der Waals surface area contributed by atoms with Crippen LogP contribution in [0.5, 0.6) is 0 Å². The minimum absolute atomic E-state index is 0.409. The predicted octanol–water partition coefficient (Wildman–Crippen LogP) is 3.77. The molecule has 0 aromatic heterocycles. The highest BCUT2D eigenvalue weighted by Crippen LogP contribution is 2.38. The number of para-hydroxylation sites is 1. The van der Waals surface area contributed by atoms with Gasteiger partial charge in [0.05, 0.1) is 0 Å². The second-order valence-corrected chi connectivity index (χ2v) is 9.49. The Balaban J connectivity index is 1.41. The number of benzene rings is 2. The van der Waals surface area contributed by atoms with Gasteiger partial charge in [-0.2, -0.15) is 0 Å². The number of hydrogen-bond acceptors (Lipinski definition) is 4. The Morgan fingerprint density at radius 2 is 1.67 bits per heavy atom. The minimum Gasteiger partial charge on any atom is -0.371 e. The summed E-state index contributed by atoms with van der Waals surface area (Å²) in [6, 6.07) is 11.2. The molecule has 2 N–H and O–H groups in total. The maximum absolute atomic E-state index is 12.5. The van der Waals surface area contributed by atoms with Gasteiger partial charge in [0.2, 0.25) is 0 Å². The lowest BCUT2D eigenvalue weighted by Gasteiger charge is -2.17. The van der Waals surface area contributed by atoms with E-state index >= 15 is 0 Å². The highest BCUT2D eigenvalue weighted by molar-refractivity contribution is 7.92. The van der Waals surface area contributed by atoms with Crippen LogP contribution in [0, 0.1) is 0 Å². The van der Waals surface area contributed by atoms with Crippen molar-refractivity contribution in [3.05, 3.63) is 70.1 Å². The molecule has 0 bridgehead atoms. The van der Waals surface area contributed by atoms with Gasteiger partial charge in [-0.25, -0.2) is 17.9 Å². The maximum atomic E-state index is 12.5. The van der Waals surface area contributed by atoms with Crippen LogP contribution in [-0.4, -0.2) is 28.0 Å². The summed E-state index contributed by atoms with van der Waals surface area (Å²) >= 11 is 0. The van der Waals surface area contributed by atoms with E-state index in [9.17, 15) is 13.2 Å². The molecule has 0 heterocycles. The number of sulfonamides is 1. The summed E-state index contributed by atoms with van der Waals surface area (Å²) in [7, 11) is -2.00. The highest BCUT2D eigenvalue weighted by atomic mass is 32.2. The number of carbonyl (C=O) groups is 1. The first-order valence-corrected chi connectivity index (χ1v) is 11.9. The third-order valence-electron chi connectivity index (χ3n) is 5.80. The number of amides is 2. The van der Waals surface area contributed by atoms with Gasteiger partial charge in [0, 0.05) is 30.4 Å². The molecule has 2 aromatic rings. The standard InChI is InChI=1S/C23H27N3O3S/c1-26(19-10-3-2-4-11-19)14-7-15-30(28,29)25-23(27)24-22-20-12-5-8-17(20)16-18-9-6-13-21(18)22/h2-4,7,10-11,15-16H,5-6,8-9,12-14H2,1H3,(H2,24,25,27)/b15-7+. The van der Waals surface area contributed by atoms with E-state index in [0.29, 0.717) is 6.54 Å². The zero-order valence-electron chi connectivity index (χ0n) is 17.1. The first-order chi connectivity index (χ1) is 14.4. The quantitative estimate of drug-likeness (QED) is 0.739. The molecular formula is C23H27N3O3S. The van der Waals surface area contributed by atoms with Crippen molar-refractivity contribution in [1.29, 1.82) is 0 Å². The van der Waals surface area contributed by atoms with Crippen LogP contribution >= 0.6 is 0 Å². The molecule has 2 aromatic carbocycles. The highest BCUT2D eigenvalue weighted by Gasteiger charge is 2.25. The van der Waals surface area contributed by atoms with Crippen molar-refractivity contribution in [1.82, 2.24) is 4.72 Å². The van der Waals surface area contributed by atoms with E-state index in [1.165, 1.54) is 28.3 Å². The molecule has 0 fully saturated rings. The summed E-state index contributed by atoms with van der Waals surface area (Å²) < 4.78 is 26.8. The zero-order chi connectivity index (χ0) is 21.1. The van der Waals surface area contributed by atoms with Gasteiger partial charge >= 0.3 is 6.03 Å². The van der Waals surface area contributed by atoms with E-state index in [2.05, 4.69) is 16.1 Å². The van der Waals surface area contributed by atoms with Crippen molar-refractivity contribution in [3.8, 4) is 0 Å². The normalized spacial score (nSPS) is 15.1. The minimum atomic E-state index is -3.88. The van der Waals surface area contributed by atoms with Crippen LogP contribution in [0.25, 0.3) is 0 Å². The van der Waals surface area contributed by atoms with E-state index in [0.717, 1.165) is 55.3 Å². The molecule has 2 aliphatic rings. The Hall–Kier alpha value is -2.80. The molecular weight excluding hydrogens is 398 g/mol. The summed E-state index contributed by atoms with van der Waals surface area (Å²) in [6.07, 6.45) is 7.58. The number of hydrogen-bond donors (Lipinski definition) is 2. The Bertz CT molecular complexity index is 1050. The molecule has 0 aliphatic heterocycles. The maximum Gasteiger partial charge on any atom is 0.333 e. The van der Waals surface area contributed by atoms with E-state index in [1.807, 2.05) is 42.3 Å². The second kappa shape index (κ2) is 8.52. The fourth-order valence-electron chi connectivity index (χ4n) is 4.39. The van der Waals surface area contributed by atoms with Crippen molar-refractivity contribution < 1.29 is 13.2 Å². The molecule has 0 spiro atoms. The van der Waals surface area contributed by atoms with Gasteiger partial charge in [-0.05, 0) is 72.9 Å². The molecule has 7 heteroatoms. The van der Waals surface area contributed by atoms with Crippen molar-refractivity contribution in [2.75, 3.05) is 23.8 Å². The number of anilines is 2. The first kappa shape index (κ1) is 20.5. The molecule has 4 rings (SSSR count). The Kier molecular flexibility index (Phi) is 5.81. The summed E-state index contributed by atoms with van der Waals surface area (Å²) in [6.45, 7) is 0.409. The van der Waals surface area contributed by atoms with E-state index in [-0.39, 0.29) is 0 Å². The summed E-state index contributed by atoms with van der Waals surface area (Å²) in [5.74, 6) is 0. The van der Waals surface area contributed by atoms with E-state index in [1.54, 1.807) is 0 Å². The van der Waals surface area contributed by atoms with Crippen LogP contribution in [0.3, 0.4) is 0 Å². The van der Waals surface area contributed by atoms with Crippen molar-refractivity contribution in [3.63, 3.8) is 0 Å². The van der Waals surface area contributed by atoms with Crippen LogP contribution in [-0.2, 0) is 35.7 Å². The van der Waals surface area contributed by atoms with Crippen molar-refractivity contribution >= 4 is 27.4 Å². The second-order valence-electron chi connectivity index (χ2n) is 7.92. The average Bonchev–Trinajstić information content (AvgIpc) is 3.37. The lowest BCUT2D eigenvalue weighted by Crippen LogP contribution is -2.33. The van der Waals surface area contributed by atoms with Gasteiger partial charge in [-0.15, -0.1) is 0 Å². The zero-order valence-corrected chi connectivity index (χ0v) is 18.0. The topological polar surface area (TPSA) is 78.5 Å². The molecule has 0 unspecified atom stereocenters. The Morgan fingerprint density at radius 3 is 2.30 bits per heavy atom. The van der Waals surface area contributed by atoms with Crippen LogP contribution in [0.2, 0.25) is 0 Å². The fraction of sp³-hybridized carbons (Fsp3) is 0.348. The van der Waals surface area contributed by atoms with Gasteiger partial charge in [-0.1, -0.05) is 30.3 Å². The molecule has 6 nitrogen and oxygen atoms in total. The molecule has 30 heavy (non-hydrogen) atoms. The smallest absolute Gasteiger partial charge is 0.333 e. The van der Waals surface area contributed by atoms with E-state index in [4.69, 9.17) is 0 Å². The van der Waals surface area contributed by atoms with Gasteiger partial charge in [0.15, 0.2) is 0 Å². The van der Waals surface area contributed by atoms with Crippen molar-refractivity contribution in [2.24, 2.45) is 0 Å². The number of fused-ring (bicyclic) bond motifs is 2. The Labute approximate surface area is 178 Å². The van der Waals surface area contributed by atoms with Crippen LogP contribution in [0.4, 0.5) is 16.2 Å². The number of nitrogens with zero attached hydrogens (tertiary/aromatic N) is 1. The summed E-state index contributed by atoms with van der Waals surface area (Å²) in [5.41, 5.74) is 6.73. The number of likely N-dealkylation sites (N-methyl/N-ethyl adjacent to an activating group) is 1. The number of nitrogens with one attached hydrogen (secondary N) is 2. The predicted molar refractivity (Wildman–Crippen MR) is 120 cm³/mol. The van der Waals surface area contributed by atoms with E-state index < -0.39 is 16.1 Å². The number of carbonyl (C=O) groups excluding carboxylic acids is 1. The SMILES string of the molecule is CN(C/C=C/S(=O)(=O)NC(=O)Nc1c2c(cc3c1CCC3)CCC2)c1ccccc1. The molecule has 0 atom stereocenters. The average molecular weight is 426 g/mol. The molecule has 2 amide bonds. The van der Waals surface area contributed by atoms with Crippen LogP contribution in [0.15, 0.2) is 47.9 Å². The molecule has 158 valence electrons. The molecule has 0 saturated carbocycles. The number of aryl methyl sites for hydroxylation is 2. The third-order valence-corrected chi connectivity index (χ3v) is 6.82. The van der Waals surface area contributed by atoms with Crippen molar-refractivity contribution in [2.45, 2.75) is 38.5 Å². The molecule has 0 saturated heterocycles. The Morgan fingerprint density at radius 1 is 1.03 bits per heavy atom. The first-order valence-electron chi connectivity index (χ1n) is 10.4. The number of urea groups is 1. The largest absolute Gasteiger partial charge is 0.371 e. The lowest BCUT2D eigenvalue weighted by atomic mass is 9.99. The number of rotatable bonds is 6. The van der Waals surface area contributed by atoms with Crippen LogP contribution in [0.1, 0.15) is 35.1 Å². The van der Waals surface area contributed by atoms with Gasteiger partial charge in [0.25, 0.3) is 10.0 Å². The fourth-order valence-corrected chi connectivity index (χ4v) is 5.10. The monoisotopic (exact) mass is 425 g/mol. The molecule has 2 aliphatic carbocycles. The summed E-state index contributed by atoms with van der Waals surface area (Å²) in [5, 5.41) is 3.90. The summed E-state index contributed by atoms with van der Waals surface area (Å²) in [4.78, 5) is 14.4.